The fraction of sp³-hybridized carbons (Fsp3) is 0.0500. The summed E-state index contributed by atoms with van der Waals surface area (Å²) >= 11 is 0. The van der Waals surface area contributed by atoms with Gasteiger partial charge < -0.3 is 22.7 Å². The Kier molecular flexibility index (Phi) is 11.0. The van der Waals surface area contributed by atoms with E-state index in [1.807, 2.05) is 60.7 Å². The van der Waals surface area contributed by atoms with Crippen LogP contribution >= 0.6 is 0 Å². The minimum Gasteiger partial charge on any atom is -0.436 e. The number of hydrogen-bond donors (Lipinski definition) is 0. The minimum absolute atomic E-state index is 0.427. The molecule has 0 amide bonds. The zero-order valence-electron chi connectivity index (χ0n) is 49.2. The zero-order chi connectivity index (χ0) is 59.2. The van der Waals surface area contributed by atoms with E-state index in [1.165, 1.54) is 0 Å². The molecule has 0 fully saturated rings. The van der Waals surface area contributed by atoms with Gasteiger partial charge in [0.1, 0.15) is 5.52 Å². The summed E-state index contributed by atoms with van der Waals surface area (Å²) in [5, 5.41) is 8.90. The van der Waals surface area contributed by atoms with Crippen molar-refractivity contribution in [1.82, 2.24) is 38.2 Å². The van der Waals surface area contributed by atoms with Crippen molar-refractivity contribution in [3.63, 3.8) is 0 Å². The molecule has 0 saturated heterocycles. The van der Waals surface area contributed by atoms with Crippen LogP contribution in [0.15, 0.2) is 259 Å². The summed E-state index contributed by atoms with van der Waals surface area (Å²) in [5.41, 5.74) is 20.6. The van der Waals surface area contributed by atoms with Gasteiger partial charge in [-0.3, -0.25) is 0 Å². The van der Waals surface area contributed by atoms with Crippen molar-refractivity contribution < 1.29 is 4.42 Å². The van der Waals surface area contributed by atoms with Gasteiger partial charge in [0.2, 0.25) is 5.89 Å². The highest BCUT2D eigenvalue weighted by Crippen LogP contribution is 2.55. The van der Waals surface area contributed by atoms with Crippen molar-refractivity contribution in [1.29, 1.82) is 0 Å². The Morgan fingerprint density at radius 2 is 0.584 bits per heavy atom. The van der Waals surface area contributed by atoms with E-state index in [1.54, 1.807) is 0 Å². The summed E-state index contributed by atoms with van der Waals surface area (Å²) in [7, 11) is 0. The molecule has 420 valence electrons. The van der Waals surface area contributed by atoms with E-state index in [9.17, 15) is 0 Å². The van der Waals surface area contributed by atoms with Gasteiger partial charge in [-0.25, -0.2) is 19.9 Å². The van der Waals surface area contributed by atoms with Crippen molar-refractivity contribution in [2.75, 3.05) is 0 Å². The SMILES string of the molecule is Cc1ccc2c(c1)c1ccccc1n2-c1c(-c2nc(-c3ccccc3)nc(-c3ccccc3)n2)c(-n2c3ccccc3c3cc(C)ccc32)c(-n2c3ccccc3c3cc(C)ccc32)c(-n2c3ccccc3c3cc(C)ccc32)c1-c1nc2ccccc2o1. The first-order valence-corrected chi connectivity index (χ1v) is 30.3. The van der Waals surface area contributed by atoms with Crippen molar-refractivity contribution in [3.8, 4) is 68.4 Å². The largest absolute Gasteiger partial charge is 0.436 e. The number of hydrogen-bond acceptors (Lipinski definition) is 5. The normalized spacial score (nSPS) is 12.0. The van der Waals surface area contributed by atoms with E-state index >= 15 is 0 Å². The smallest absolute Gasteiger partial charge is 0.231 e. The Balaban J connectivity index is 1.23. The van der Waals surface area contributed by atoms with Gasteiger partial charge in [-0.1, -0.05) is 192 Å². The van der Waals surface area contributed by atoms with Crippen LogP contribution in [0.3, 0.4) is 0 Å². The molecular formula is C80H54N8O. The Labute approximate surface area is 511 Å². The number of nitrogens with zero attached hydrogens (tertiary/aromatic N) is 8. The predicted molar refractivity (Wildman–Crippen MR) is 365 cm³/mol. The minimum atomic E-state index is 0.427. The number of oxazole rings is 1. The highest BCUT2D eigenvalue weighted by Gasteiger charge is 2.38. The van der Waals surface area contributed by atoms with Crippen LogP contribution in [0.1, 0.15) is 22.3 Å². The Hall–Kier alpha value is -11.7. The molecule has 6 aromatic heterocycles. The maximum absolute atomic E-state index is 7.54. The van der Waals surface area contributed by atoms with Crippen molar-refractivity contribution in [2.24, 2.45) is 0 Å². The van der Waals surface area contributed by atoms with Crippen LogP contribution in [-0.4, -0.2) is 38.2 Å². The lowest BCUT2D eigenvalue weighted by molar-refractivity contribution is 0.619. The predicted octanol–water partition coefficient (Wildman–Crippen LogP) is 20.3. The van der Waals surface area contributed by atoms with E-state index in [2.05, 4.69) is 240 Å². The third-order valence-electron chi connectivity index (χ3n) is 18.0. The fourth-order valence-electron chi connectivity index (χ4n) is 14.2. The molecule has 0 bridgehead atoms. The number of para-hydroxylation sites is 6. The Morgan fingerprint density at radius 3 is 1.00 bits per heavy atom. The van der Waals surface area contributed by atoms with Crippen LogP contribution in [0.4, 0.5) is 0 Å². The molecule has 0 N–H and O–H groups in total. The molecule has 0 saturated carbocycles. The molecule has 0 atom stereocenters. The number of aryl methyl sites for hydroxylation is 4. The molecular weight excluding hydrogens is 1090 g/mol. The van der Waals surface area contributed by atoms with E-state index < -0.39 is 0 Å². The zero-order valence-corrected chi connectivity index (χ0v) is 49.2. The quantitative estimate of drug-likeness (QED) is 0.151. The molecule has 0 aliphatic carbocycles. The summed E-state index contributed by atoms with van der Waals surface area (Å²) in [4.78, 5) is 23.0. The van der Waals surface area contributed by atoms with Crippen molar-refractivity contribution in [3.05, 3.63) is 277 Å². The maximum Gasteiger partial charge on any atom is 0.231 e. The first kappa shape index (κ1) is 50.6. The molecule has 18 rings (SSSR count). The van der Waals surface area contributed by atoms with Gasteiger partial charge in [-0.05, 0) is 113 Å². The Morgan fingerprint density at radius 1 is 0.258 bits per heavy atom. The molecule has 0 aliphatic rings. The molecule has 0 spiro atoms. The molecule has 6 heterocycles. The third kappa shape index (κ3) is 7.61. The number of rotatable bonds is 8. The number of benzene rings is 12. The molecule has 0 radical (unpaired) electrons. The highest BCUT2D eigenvalue weighted by atomic mass is 16.3. The summed E-state index contributed by atoms with van der Waals surface area (Å²) in [6.07, 6.45) is 0. The lowest BCUT2D eigenvalue weighted by Gasteiger charge is -2.30. The standard InChI is InChI=1S/C80H54N8O/c1-47-35-39-66-57(43-47)53-25-11-16-30-62(53)85(66)73-71(79-83-77(51-21-7-5-8-22-51)82-78(84-79)52-23-9-6-10-24-52)74(86-63-31-17-12-26-54(63)58-44-48(2)36-40-67(58)86)76(88-65-33-19-14-28-56(65)60-46-50(4)38-42-69(60)88)75(72(73)80-81-61-29-15-20-34-70(61)89-80)87-64-32-18-13-27-55(64)59-45-49(3)37-41-68(59)87/h5-46H,1-4H3. The van der Waals surface area contributed by atoms with Gasteiger partial charge in [0.05, 0.1) is 78.0 Å². The lowest BCUT2D eigenvalue weighted by atomic mass is 9.96. The van der Waals surface area contributed by atoms with Crippen LogP contribution < -0.4 is 0 Å². The van der Waals surface area contributed by atoms with Gasteiger partial charge in [-0.15, -0.1) is 0 Å². The average Bonchev–Trinajstić information content (AvgIpc) is 1.61. The van der Waals surface area contributed by atoms with Crippen LogP contribution in [0, 0.1) is 27.7 Å². The highest BCUT2D eigenvalue weighted by molar-refractivity contribution is 6.18. The van der Waals surface area contributed by atoms with E-state index in [0.717, 1.165) is 160 Å². The molecule has 0 unspecified atom stereocenters. The maximum atomic E-state index is 7.54. The van der Waals surface area contributed by atoms with Crippen molar-refractivity contribution >= 4 is 98.3 Å². The van der Waals surface area contributed by atoms with Gasteiger partial charge in [-0.2, -0.15) is 0 Å². The Bertz CT molecular complexity index is 5890. The van der Waals surface area contributed by atoms with Gasteiger partial charge >= 0.3 is 0 Å². The summed E-state index contributed by atoms with van der Waals surface area (Å²) in [5.74, 6) is 1.94. The monoisotopic (exact) mass is 1140 g/mol. The topological polar surface area (TPSA) is 84.4 Å². The summed E-state index contributed by atoms with van der Waals surface area (Å²) in [6, 6.07) is 91.5. The third-order valence-corrected chi connectivity index (χ3v) is 18.0. The summed E-state index contributed by atoms with van der Waals surface area (Å²) in [6.45, 7) is 8.72. The molecule has 9 nitrogen and oxygen atoms in total. The second-order valence-corrected chi connectivity index (χ2v) is 23.7. The van der Waals surface area contributed by atoms with Gasteiger partial charge in [0.15, 0.2) is 23.1 Å². The fourth-order valence-corrected chi connectivity index (χ4v) is 14.2. The second kappa shape index (κ2) is 19.4. The van der Waals surface area contributed by atoms with Gasteiger partial charge in [0, 0.05) is 54.2 Å². The molecule has 18 aromatic rings. The average molecular weight is 1140 g/mol. The molecule has 12 aromatic carbocycles. The van der Waals surface area contributed by atoms with Crippen LogP contribution in [0.2, 0.25) is 0 Å². The summed E-state index contributed by atoms with van der Waals surface area (Å²) < 4.78 is 17.5. The van der Waals surface area contributed by atoms with E-state index in [4.69, 9.17) is 24.4 Å². The van der Waals surface area contributed by atoms with Crippen LogP contribution in [0.25, 0.3) is 167 Å². The van der Waals surface area contributed by atoms with E-state index in [0.29, 0.717) is 28.9 Å². The van der Waals surface area contributed by atoms with Crippen molar-refractivity contribution in [2.45, 2.75) is 27.7 Å². The van der Waals surface area contributed by atoms with Gasteiger partial charge in [0.25, 0.3) is 0 Å². The van der Waals surface area contributed by atoms with E-state index in [-0.39, 0.29) is 0 Å². The molecule has 9 heteroatoms. The second-order valence-electron chi connectivity index (χ2n) is 23.7. The lowest BCUT2D eigenvalue weighted by Crippen LogP contribution is -2.17. The number of aromatic nitrogens is 8. The van der Waals surface area contributed by atoms with Crippen LogP contribution in [-0.2, 0) is 0 Å². The number of fused-ring (bicyclic) bond motifs is 13. The van der Waals surface area contributed by atoms with Crippen LogP contribution in [0.5, 0.6) is 0 Å². The first-order chi connectivity index (χ1) is 43.8. The first-order valence-electron chi connectivity index (χ1n) is 30.3. The molecule has 89 heavy (non-hydrogen) atoms. The molecule has 0 aliphatic heterocycles.